The third kappa shape index (κ3) is 7.38. The van der Waals surface area contributed by atoms with Gasteiger partial charge in [0, 0.05) is 24.8 Å². The van der Waals surface area contributed by atoms with Crippen molar-refractivity contribution in [3.8, 4) is 0 Å². The van der Waals surface area contributed by atoms with Crippen LogP contribution < -0.4 is 5.32 Å². The molecular weight excluding hydrogens is 470 g/mol. The van der Waals surface area contributed by atoms with Gasteiger partial charge in [0.25, 0.3) is 11.7 Å². The van der Waals surface area contributed by atoms with E-state index >= 15 is 0 Å². The molecule has 0 aliphatic carbocycles. The van der Waals surface area contributed by atoms with E-state index in [-0.39, 0.29) is 50.9 Å². The number of hydrogen-bond donors (Lipinski definition) is 1. The number of allylic oxidation sites excluding steroid dienone is 1. The van der Waals surface area contributed by atoms with Crippen LogP contribution in [0.25, 0.3) is 0 Å². The average Bonchev–Trinajstić information content (AvgIpc) is 2.87. The molecule has 1 saturated heterocycles. The number of carbonyl (C=O) groups is 4. The van der Waals surface area contributed by atoms with Gasteiger partial charge in [-0.05, 0) is 39.3 Å². The van der Waals surface area contributed by atoms with Crippen LogP contribution in [0, 0.1) is 5.92 Å². The number of hydrogen-bond acceptors (Lipinski definition) is 9. The maximum absolute atomic E-state index is 13.0. The molecule has 0 aromatic heterocycles. The first kappa shape index (κ1) is 29.0. The molecular formula is C26H35NO9. The zero-order chi connectivity index (χ0) is 26.6. The Hall–Kier alpha value is -3.24. The van der Waals surface area contributed by atoms with Gasteiger partial charge in [-0.15, -0.1) is 0 Å². The molecule has 1 fully saturated rings. The van der Waals surface area contributed by atoms with Crippen LogP contribution in [0.1, 0.15) is 50.9 Å². The molecule has 0 radical (unpaired) electrons. The van der Waals surface area contributed by atoms with Crippen molar-refractivity contribution in [2.75, 3.05) is 33.0 Å². The van der Waals surface area contributed by atoms with Crippen molar-refractivity contribution in [1.29, 1.82) is 0 Å². The van der Waals surface area contributed by atoms with Gasteiger partial charge in [0.05, 0.1) is 33.0 Å². The standard InChI is InChI=1S/C26H35NO9/c1-5-32-22(29)25(4)35-17-19(18-36-25)13-11-12-16-26(23(30)33-6-2,24(31)34-7-3)27-21(28)20-14-9-8-10-15-20/h8-12,14-15,19H,5-7,13,16-18H2,1-4H3,(H,27,28)/b12-11+/t19-,25+. The van der Waals surface area contributed by atoms with Crippen molar-refractivity contribution in [1.82, 2.24) is 5.32 Å². The second-order valence-electron chi connectivity index (χ2n) is 8.23. The van der Waals surface area contributed by atoms with Crippen LogP contribution in [-0.4, -0.2) is 68.2 Å². The molecule has 1 aromatic rings. The second-order valence-corrected chi connectivity index (χ2v) is 8.23. The largest absolute Gasteiger partial charge is 0.464 e. The molecule has 0 spiro atoms. The van der Waals surface area contributed by atoms with E-state index in [0.717, 1.165) is 0 Å². The first-order valence-electron chi connectivity index (χ1n) is 12.0. The van der Waals surface area contributed by atoms with Crippen molar-refractivity contribution in [2.24, 2.45) is 5.92 Å². The summed E-state index contributed by atoms with van der Waals surface area (Å²) in [5.41, 5.74) is -1.78. The number of esters is 3. The molecule has 0 atom stereocenters. The maximum Gasteiger partial charge on any atom is 0.366 e. The molecule has 1 N–H and O–H groups in total. The number of ether oxygens (including phenoxy) is 5. The zero-order valence-electron chi connectivity index (χ0n) is 21.2. The average molecular weight is 506 g/mol. The highest BCUT2D eigenvalue weighted by Gasteiger charge is 2.50. The first-order valence-corrected chi connectivity index (χ1v) is 12.0. The van der Waals surface area contributed by atoms with Gasteiger partial charge in [0.1, 0.15) is 0 Å². The van der Waals surface area contributed by atoms with Crippen LogP contribution in [0.3, 0.4) is 0 Å². The second kappa shape index (κ2) is 13.7. The van der Waals surface area contributed by atoms with Crippen LogP contribution >= 0.6 is 0 Å². The van der Waals surface area contributed by atoms with E-state index < -0.39 is 35.1 Å². The maximum atomic E-state index is 13.0. The van der Waals surface area contributed by atoms with Gasteiger partial charge in [-0.3, -0.25) is 4.79 Å². The molecule has 1 aliphatic heterocycles. The van der Waals surface area contributed by atoms with Gasteiger partial charge in [-0.25, -0.2) is 14.4 Å². The molecule has 1 amide bonds. The summed E-state index contributed by atoms with van der Waals surface area (Å²) in [5, 5.41) is 2.55. The van der Waals surface area contributed by atoms with E-state index in [0.29, 0.717) is 6.42 Å². The van der Waals surface area contributed by atoms with Crippen LogP contribution in [0.15, 0.2) is 42.5 Å². The smallest absolute Gasteiger partial charge is 0.366 e. The minimum absolute atomic E-state index is 0.0148. The predicted octanol–water partition coefficient (Wildman–Crippen LogP) is 2.56. The van der Waals surface area contributed by atoms with Crippen LogP contribution in [0.2, 0.25) is 0 Å². The molecule has 0 saturated carbocycles. The van der Waals surface area contributed by atoms with Crippen molar-refractivity contribution in [3.63, 3.8) is 0 Å². The Kier molecular flexibility index (Phi) is 11.1. The Bertz CT molecular complexity index is 903. The van der Waals surface area contributed by atoms with E-state index in [1.807, 2.05) is 0 Å². The lowest BCUT2D eigenvalue weighted by molar-refractivity contribution is -0.273. The van der Waals surface area contributed by atoms with Crippen molar-refractivity contribution < 1.29 is 42.9 Å². The number of benzene rings is 1. The Morgan fingerprint density at radius 1 is 0.944 bits per heavy atom. The summed E-state index contributed by atoms with van der Waals surface area (Å²) in [6.07, 6.45) is 3.66. The lowest BCUT2D eigenvalue weighted by Crippen LogP contribution is -2.61. The van der Waals surface area contributed by atoms with Crippen LogP contribution in [0.5, 0.6) is 0 Å². The number of nitrogens with one attached hydrogen (secondary N) is 1. The number of amides is 1. The van der Waals surface area contributed by atoms with Gasteiger partial charge in [0.15, 0.2) is 0 Å². The predicted molar refractivity (Wildman–Crippen MR) is 129 cm³/mol. The Labute approximate surface area is 211 Å². The summed E-state index contributed by atoms with van der Waals surface area (Å²) >= 11 is 0. The minimum atomic E-state index is -2.06. The zero-order valence-corrected chi connectivity index (χ0v) is 21.2. The Morgan fingerprint density at radius 3 is 2.03 bits per heavy atom. The van der Waals surface area contributed by atoms with E-state index in [9.17, 15) is 19.2 Å². The SMILES string of the molecule is CCOC(=O)C(C/C=C/C[C@H]1CO[C@@](C)(C(=O)OCC)OC1)(NC(=O)c1ccccc1)C(=O)OCC. The molecule has 10 nitrogen and oxygen atoms in total. The van der Waals surface area contributed by atoms with Crippen LogP contribution in [-0.2, 0) is 38.1 Å². The van der Waals surface area contributed by atoms with Crippen LogP contribution in [0.4, 0.5) is 0 Å². The molecule has 0 bridgehead atoms. The summed E-state index contributed by atoms with van der Waals surface area (Å²) in [4.78, 5) is 50.9. The number of rotatable bonds is 12. The highest BCUT2D eigenvalue weighted by molar-refractivity contribution is 6.10. The van der Waals surface area contributed by atoms with E-state index in [1.165, 1.54) is 6.92 Å². The third-order valence-corrected chi connectivity index (χ3v) is 5.51. The monoisotopic (exact) mass is 505 g/mol. The highest BCUT2D eigenvalue weighted by Crippen LogP contribution is 2.25. The Balaban J connectivity index is 2.14. The van der Waals surface area contributed by atoms with Gasteiger partial charge < -0.3 is 29.0 Å². The van der Waals surface area contributed by atoms with Crippen molar-refractivity contribution >= 4 is 23.8 Å². The van der Waals surface area contributed by atoms with Crippen molar-refractivity contribution in [3.05, 3.63) is 48.0 Å². The van der Waals surface area contributed by atoms with Crippen molar-refractivity contribution in [2.45, 2.75) is 51.9 Å². The molecule has 1 aromatic carbocycles. The highest BCUT2D eigenvalue weighted by atomic mass is 16.7. The lowest BCUT2D eigenvalue weighted by atomic mass is 9.93. The molecule has 1 heterocycles. The molecule has 0 unspecified atom stereocenters. The fraction of sp³-hybridized carbons (Fsp3) is 0.538. The summed E-state index contributed by atoms with van der Waals surface area (Å²) < 4.78 is 26.5. The summed E-state index contributed by atoms with van der Waals surface area (Å²) in [6.45, 7) is 7.19. The quantitative estimate of drug-likeness (QED) is 0.197. The molecule has 2 rings (SSSR count). The summed E-state index contributed by atoms with van der Waals surface area (Å²) in [6, 6.07) is 8.23. The minimum Gasteiger partial charge on any atom is -0.464 e. The summed E-state index contributed by atoms with van der Waals surface area (Å²) in [7, 11) is 0. The van der Waals surface area contributed by atoms with Gasteiger partial charge >= 0.3 is 17.9 Å². The van der Waals surface area contributed by atoms with Gasteiger partial charge in [0.2, 0.25) is 5.54 Å². The Morgan fingerprint density at radius 2 is 1.50 bits per heavy atom. The summed E-state index contributed by atoms with van der Waals surface area (Å²) in [5.74, 6) is -4.53. The van der Waals surface area contributed by atoms with Gasteiger partial charge in [-0.2, -0.15) is 0 Å². The topological polar surface area (TPSA) is 126 Å². The third-order valence-electron chi connectivity index (χ3n) is 5.51. The molecule has 1 aliphatic rings. The van der Waals surface area contributed by atoms with E-state index in [1.54, 1.807) is 63.3 Å². The molecule has 36 heavy (non-hydrogen) atoms. The van der Waals surface area contributed by atoms with E-state index in [4.69, 9.17) is 23.7 Å². The number of carbonyl (C=O) groups excluding carboxylic acids is 4. The van der Waals surface area contributed by atoms with Gasteiger partial charge in [-0.1, -0.05) is 30.4 Å². The first-order chi connectivity index (χ1) is 17.2. The molecule has 10 heteroatoms. The fourth-order valence-electron chi connectivity index (χ4n) is 3.48. The van der Waals surface area contributed by atoms with E-state index in [2.05, 4.69) is 5.32 Å². The fourth-order valence-corrected chi connectivity index (χ4v) is 3.48. The normalized spacial score (nSPS) is 19.9. The molecule has 198 valence electrons. The lowest BCUT2D eigenvalue weighted by Gasteiger charge is -2.35.